The van der Waals surface area contributed by atoms with E-state index in [0.29, 0.717) is 11.1 Å². The fourth-order valence-electron chi connectivity index (χ4n) is 2.25. The summed E-state index contributed by atoms with van der Waals surface area (Å²) in [5, 5.41) is 5.21. The molecule has 2 aromatic carbocycles. The molecule has 1 unspecified atom stereocenters. The molecule has 0 aromatic heterocycles. The van der Waals surface area contributed by atoms with Gasteiger partial charge in [-0.1, -0.05) is 34.1 Å². The number of ether oxygens (including phenoxy) is 1. The van der Waals surface area contributed by atoms with Crippen LogP contribution in [-0.2, 0) is 0 Å². The molecule has 128 valence electrons. The minimum absolute atomic E-state index is 0.124. The molecule has 0 aliphatic heterocycles. The van der Waals surface area contributed by atoms with Crippen molar-refractivity contribution in [2.45, 2.75) is 26.8 Å². The summed E-state index contributed by atoms with van der Waals surface area (Å²) in [7, 11) is 0. The van der Waals surface area contributed by atoms with Crippen molar-refractivity contribution in [3.05, 3.63) is 57.8 Å². The van der Waals surface area contributed by atoms with Crippen molar-refractivity contribution in [3.8, 4) is 5.75 Å². The lowest BCUT2D eigenvalue weighted by Crippen LogP contribution is -2.39. The fourth-order valence-corrected chi connectivity index (χ4v) is 2.58. The maximum Gasteiger partial charge on any atom is 0.319 e. The van der Waals surface area contributed by atoms with Gasteiger partial charge in [0.1, 0.15) is 18.2 Å². The van der Waals surface area contributed by atoms with Gasteiger partial charge in [0.2, 0.25) is 0 Å². The molecule has 0 heterocycles. The number of carbonyl (C=O) groups excluding carboxylic acids is 1. The smallest absolute Gasteiger partial charge is 0.319 e. The van der Waals surface area contributed by atoms with Gasteiger partial charge in [-0.25, -0.2) is 9.18 Å². The number of amides is 2. The molecule has 0 fully saturated rings. The highest BCUT2D eigenvalue weighted by molar-refractivity contribution is 9.10. The number of aryl methyl sites for hydroxylation is 2. The monoisotopic (exact) mass is 394 g/mol. The van der Waals surface area contributed by atoms with Gasteiger partial charge in [-0.3, -0.25) is 0 Å². The average Bonchev–Trinajstić information content (AvgIpc) is 2.49. The van der Waals surface area contributed by atoms with Crippen molar-refractivity contribution in [2.75, 3.05) is 11.9 Å². The van der Waals surface area contributed by atoms with E-state index >= 15 is 0 Å². The van der Waals surface area contributed by atoms with E-state index in [2.05, 4.69) is 26.6 Å². The zero-order chi connectivity index (χ0) is 17.7. The molecule has 0 aliphatic carbocycles. The molecule has 0 saturated heterocycles. The first-order valence-electron chi connectivity index (χ1n) is 7.58. The van der Waals surface area contributed by atoms with Gasteiger partial charge in [-0.05, 0) is 50.1 Å². The lowest BCUT2D eigenvalue weighted by atomic mass is 10.1. The summed E-state index contributed by atoms with van der Waals surface area (Å²) < 4.78 is 20.1. The Kier molecular flexibility index (Phi) is 6.20. The van der Waals surface area contributed by atoms with Crippen LogP contribution in [0.1, 0.15) is 18.1 Å². The van der Waals surface area contributed by atoms with Crippen LogP contribution in [-0.4, -0.2) is 18.7 Å². The van der Waals surface area contributed by atoms with Crippen LogP contribution in [0.5, 0.6) is 5.75 Å². The van der Waals surface area contributed by atoms with Crippen molar-refractivity contribution in [3.63, 3.8) is 0 Å². The van der Waals surface area contributed by atoms with E-state index < -0.39 is 11.8 Å². The average molecular weight is 395 g/mol. The first kappa shape index (κ1) is 18.3. The number of hydrogen-bond acceptors (Lipinski definition) is 2. The number of rotatable bonds is 5. The van der Waals surface area contributed by atoms with E-state index in [1.54, 1.807) is 6.07 Å². The SMILES string of the molecule is Cc1cccc(C)c1OCC(C)NC(=O)Nc1ccc(Br)cc1F. The van der Waals surface area contributed by atoms with Gasteiger partial charge in [-0.15, -0.1) is 0 Å². The first-order valence-corrected chi connectivity index (χ1v) is 8.37. The minimum Gasteiger partial charge on any atom is -0.491 e. The Morgan fingerprint density at radius 2 is 1.92 bits per heavy atom. The number of urea groups is 1. The lowest BCUT2D eigenvalue weighted by Gasteiger charge is -2.18. The molecule has 4 nitrogen and oxygen atoms in total. The second kappa shape index (κ2) is 8.15. The Labute approximate surface area is 149 Å². The molecule has 1 atom stereocenters. The van der Waals surface area contributed by atoms with Crippen molar-refractivity contribution < 1.29 is 13.9 Å². The number of para-hydroxylation sites is 1. The van der Waals surface area contributed by atoms with Crippen LogP contribution < -0.4 is 15.4 Å². The number of carbonyl (C=O) groups is 1. The highest BCUT2D eigenvalue weighted by atomic mass is 79.9. The van der Waals surface area contributed by atoms with Gasteiger partial charge < -0.3 is 15.4 Å². The molecule has 6 heteroatoms. The van der Waals surface area contributed by atoms with Crippen molar-refractivity contribution in [1.82, 2.24) is 5.32 Å². The maximum atomic E-state index is 13.7. The van der Waals surface area contributed by atoms with Gasteiger partial charge in [0.15, 0.2) is 0 Å². The van der Waals surface area contributed by atoms with E-state index in [9.17, 15) is 9.18 Å². The molecule has 2 amide bonds. The van der Waals surface area contributed by atoms with Gasteiger partial charge in [-0.2, -0.15) is 0 Å². The van der Waals surface area contributed by atoms with Crippen LogP contribution in [0.2, 0.25) is 0 Å². The van der Waals surface area contributed by atoms with E-state index in [4.69, 9.17) is 4.74 Å². The summed E-state index contributed by atoms with van der Waals surface area (Å²) in [5.41, 5.74) is 2.21. The maximum absolute atomic E-state index is 13.7. The molecule has 0 bridgehead atoms. The summed E-state index contributed by atoms with van der Waals surface area (Å²) in [6, 6.07) is 9.66. The van der Waals surface area contributed by atoms with E-state index in [0.717, 1.165) is 16.9 Å². The number of anilines is 1. The first-order chi connectivity index (χ1) is 11.4. The summed E-state index contributed by atoms with van der Waals surface area (Å²) in [6.45, 7) is 6.10. The second-order valence-electron chi connectivity index (χ2n) is 5.66. The topological polar surface area (TPSA) is 50.4 Å². The quantitative estimate of drug-likeness (QED) is 0.765. The number of hydrogen-bond donors (Lipinski definition) is 2. The molecule has 2 aromatic rings. The largest absolute Gasteiger partial charge is 0.491 e. The lowest BCUT2D eigenvalue weighted by molar-refractivity contribution is 0.236. The van der Waals surface area contributed by atoms with Gasteiger partial charge >= 0.3 is 6.03 Å². The van der Waals surface area contributed by atoms with Crippen LogP contribution in [0.25, 0.3) is 0 Å². The van der Waals surface area contributed by atoms with Gasteiger partial charge in [0.05, 0.1) is 11.7 Å². The number of nitrogens with one attached hydrogen (secondary N) is 2. The van der Waals surface area contributed by atoms with Gasteiger partial charge in [0, 0.05) is 4.47 Å². The number of benzene rings is 2. The standard InChI is InChI=1S/C18H20BrFN2O2/c1-11-5-4-6-12(2)17(11)24-10-13(3)21-18(23)22-16-8-7-14(19)9-15(16)20/h4-9,13H,10H2,1-3H3,(H2,21,22,23). The predicted molar refractivity (Wildman–Crippen MR) is 97.1 cm³/mol. The molecule has 0 saturated carbocycles. The Balaban J connectivity index is 1.87. The van der Waals surface area contributed by atoms with Crippen LogP contribution in [0.15, 0.2) is 40.9 Å². The number of halogens is 2. The minimum atomic E-state index is -0.501. The Morgan fingerprint density at radius 1 is 1.25 bits per heavy atom. The molecule has 0 spiro atoms. The zero-order valence-corrected chi connectivity index (χ0v) is 15.4. The second-order valence-corrected chi connectivity index (χ2v) is 6.57. The highest BCUT2D eigenvalue weighted by Crippen LogP contribution is 2.22. The van der Waals surface area contributed by atoms with Crippen LogP contribution >= 0.6 is 15.9 Å². The zero-order valence-electron chi connectivity index (χ0n) is 13.8. The van der Waals surface area contributed by atoms with Crippen molar-refractivity contribution in [2.24, 2.45) is 0 Å². The van der Waals surface area contributed by atoms with Crippen LogP contribution in [0.3, 0.4) is 0 Å². The Morgan fingerprint density at radius 3 is 2.54 bits per heavy atom. The molecular weight excluding hydrogens is 375 g/mol. The summed E-state index contributed by atoms with van der Waals surface area (Å²) in [4.78, 5) is 11.9. The summed E-state index contributed by atoms with van der Waals surface area (Å²) in [6.07, 6.45) is 0. The summed E-state index contributed by atoms with van der Waals surface area (Å²) in [5.74, 6) is 0.324. The fraction of sp³-hybridized carbons (Fsp3) is 0.278. The molecular formula is C18H20BrFN2O2. The van der Waals surface area contributed by atoms with Crippen LogP contribution in [0.4, 0.5) is 14.9 Å². The molecule has 0 aliphatic rings. The van der Waals surface area contributed by atoms with Crippen LogP contribution in [0, 0.1) is 19.7 Å². The molecule has 2 N–H and O–H groups in total. The molecule has 2 rings (SSSR count). The third-order valence-electron chi connectivity index (χ3n) is 3.44. The van der Waals surface area contributed by atoms with E-state index in [1.807, 2.05) is 39.0 Å². The van der Waals surface area contributed by atoms with Gasteiger partial charge in [0.25, 0.3) is 0 Å². The third kappa shape index (κ3) is 4.96. The third-order valence-corrected chi connectivity index (χ3v) is 3.94. The van der Waals surface area contributed by atoms with Crippen molar-refractivity contribution in [1.29, 1.82) is 0 Å². The highest BCUT2D eigenvalue weighted by Gasteiger charge is 2.12. The Hall–Kier alpha value is -2.08. The Bertz CT molecular complexity index is 717. The predicted octanol–water partition coefficient (Wildman–Crippen LogP) is 4.79. The molecule has 0 radical (unpaired) electrons. The summed E-state index contributed by atoms with van der Waals surface area (Å²) >= 11 is 3.17. The normalized spacial score (nSPS) is 11.7. The van der Waals surface area contributed by atoms with E-state index in [1.165, 1.54) is 12.1 Å². The van der Waals surface area contributed by atoms with Crippen molar-refractivity contribution >= 4 is 27.6 Å². The molecule has 24 heavy (non-hydrogen) atoms. The van der Waals surface area contributed by atoms with E-state index in [-0.39, 0.29) is 11.7 Å².